The van der Waals surface area contributed by atoms with Gasteiger partial charge in [0.2, 0.25) is 5.91 Å². The van der Waals surface area contributed by atoms with Gasteiger partial charge in [0, 0.05) is 5.92 Å². The highest BCUT2D eigenvalue weighted by Gasteiger charge is 2.27. The molecule has 0 aromatic rings. The molecule has 0 aromatic carbocycles. The zero-order chi connectivity index (χ0) is 13.5. The summed E-state index contributed by atoms with van der Waals surface area (Å²) in [5.74, 6) is -0.0664. The second kappa shape index (κ2) is 7.24. The number of carbonyl (C=O) groups is 2. The van der Waals surface area contributed by atoms with E-state index in [4.69, 9.17) is 10.5 Å². The zero-order valence-corrected chi connectivity index (χ0v) is 11.3. The maximum atomic E-state index is 11.8. The summed E-state index contributed by atoms with van der Waals surface area (Å²) in [7, 11) is 0. The Bertz CT molecular complexity index is 292. The predicted octanol–water partition coefficient (Wildman–Crippen LogP) is 1.95. The average Bonchev–Trinajstić information content (AvgIpc) is 2.26. The molecule has 18 heavy (non-hydrogen) atoms. The van der Waals surface area contributed by atoms with Gasteiger partial charge in [-0.25, -0.2) is 4.79 Å². The number of hydrogen-bond donors (Lipinski definition) is 2. The lowest BCUT2D eigenvalue weighted by Crippen LogP contribution is -2.47. The minimum atomic E-state index is -0.760. The van der Waals surface area contributed by atoms with Crippen molar-refractivity contribution in [1.82, 2.24) is 5.32 Å². The Morgan fingerprint density at radius 3 is 2.33 bits per heavy atom. The standard InChI is InChI=1S/C13H24N2O3/c1-9(2)12(16)15-10-7-5-3-4-6-8-11(10)18-13(14)17/h9-11H,3-8H2,1-2H3,(H2,14,17)(H,15,16). The summed E-state index contributed by atoms with van der Waals surface area (Å²) in [6, 6.07) is -0.104. The van der Waals surface area contributed by atoms with E-state index in [9.17, 15) is 9.59 Å². The molecule has 1 aliphatic rings. The van der Waals surface area contributed by atoms with Gasteiger partial charge in [0.05, 0.1) is 6.04 Å². The number of nitrogens with one attached hydrogen (secondary N) is 1. The highest BCUT2D eigenvalue weighted by Crippen LogP contribution is 2.20. The molecular formula is C13H24N2O3. The first-order chi connectivity index (χ1) is 8.50. The van der Waals surface area contributed by atoms with Gasteiger partial charge in [-0.3, -0.25) is 4.79 Å². The second-order valence-electron chi connectivity index (χ2n) is 5.24. The second-order valence-corrected chi connectivity index (χ2v) is 5.24. The molecular weight excluding hydrogens is 232 g/mol. The Hall–Kier alpha value is -1.26. The van der Waals surface area contributed by atoms with Crippen LogP contribution in [0.3, 0.4) is 0 Å². The van der Waals surface area contributed by atoms with Crippen molar-refractivity contribution < 1.29 is 14.3 Å². The first-order valence-electron chi connectivity index (χ1n) is 6.77. The number of rotatable bonds is 3. The van der Waals surface area contributed by atoms with Crippen LogP contribution in [-0.4, -0.2) is 24.1 Å². The van der Waals surface area contributed by atoms with Gasteiger partial charge in [-0.05, 0) is 19.3 Å². The van der Waals surface area contributed by atoms with E-state index in [0.29, 0.717) is 0 Å². The molecule has 1 aliphatic carbocycles. The van der Waals surface area contributed by atoms with E-state index in [1.54, 1.807) is 0 Å². The maximum Gasteiger partial charge on any atom is 0.404 e. The van der Waals surface area contributed by atoms with E-state index in [2.05, 4.69) is 5.32 Å². The molecule has 3 N–H and O–H groups in total. The molecule has 1 saturated carbocycles. The normalized spacial score (nSPS) is 25.1. The summed E-state index contributed by atoms with van der Waals surface area (Å²) in [6.45, 7) is 3.70. The molecule has 1 rings (SSSR count). The molecule has 0 saturated heterocycles. The molecule has 0 radical (unpaired) electrons. The molecule has 1 fully saturated rings. The van der Waals surface area contributed by atoms with Crippen LogP contribution in [0.15, 0.2) is 0 Å². The third kappa shape index (κ3) is 4.94. The molecule has 2 unspecified atom stereocenters. The van der Waals surface area contributed by atoms with Crippen molar-refractivity contribution in [2.75, 3.05) is 0 Å². The number of primary amides is 1. The first kappa shape index (κ1) is 14.8. The van der Waals surface area contributed by atoms with Gasteiger partial charge in [0.1, 0.15) is 6.10 Å². The third-order valence-corrected chi connectivity index (χ3v) is 3.32. The Morgan fingerprint density at radius 1 is 1.17 bits per heavy atom. The number of nitrogens with two attached hydrogens (primary N) is 1. The van der Waals surface area contributed by atoms with Crippen molar-refractivity contribution in [1.29, 1.82) is 0 Å². The number of amides is 2. The molecule has 0 bridgehead atoms. The van der Waals surface area contributed by atoms with Gasteiger partial charge in [-0.15, -0.1) is 0 Å². The monoisotopic (exact) mass is 256 g/mol. The van der Waals surface area contributed by atoms with Crippen molar-refractivity contribution >= 4 is 12.0 Å². The zero-order valence-electron chi connectivity index (χ0n) is 11.3. The number of carbonyl (C=O) groups excluding carboxylic acids is 2. The van der Waals surface area contributed by atoms with Crippen LogP contribution in [0.5, 0.6) is 0 Å². The van der Waals surface area contributed by atoms with E-state index in [0.717, 1.165) is 38.5 Å². The molecule has 0 aromatic heterocycles. The largest absolute Gasteiger partial charge is 0.444 e. The predicted molar refractivity (Wildman–Crippen MR) is 68.9 cm³/mol. The lowest BCUT2D eigenvalue weighted by Gasteiger charge is -2.29. The molecule has 2 amide bonds. The van der Waals surface area contributed by atoms with Crippen LogP contribution in [0.25, 0.3) is 0 Å². The quantitative estimate of drug-likeness (QED) is 0.809. The Kier molecular flexibility index (Phi) is 5.95. The fourth-order valence-electron chi connectivity index (χ4n) is 2.26. The summed E-state index contributed by atoms with van der Waals surface area (Å²) in [5, 5.41) is 2.97. The molecule has 0 spiro atoms. The summed E-state index contributed by atoms with van der Waals surface area (Å²) >= 11 is 0. The van der Waals surface area contributed by atoms with E-state index in [1.165, 1.54) is 0 Å². The Morgan fingerprint density at radius 2 is 1.78 bits per heavy atom. The van der Waals surface area contributed by atoms with E-state index in [-0.39, 0.29) is 24.0 Å². The van der Waals surface area contributed by atoms with E-state index < -0.39 is 6.09 Å². The summed E-state index contributed by atoms with van der Waals surface area (Å²) in [4.78, 5) is 22.7. The van der Waals surface area contributed by atoms with Crippen LogP contribution in [-0.2, 0) is 9.53 Å². The van der Waals surface area contributed by atoms with Crippen LogP contribution in [0.2, 0.25) is 0 Å². The van der Waals surface area contributed by atoms with E-state index in [1.807, 2.05) is 13.8 Å². The van der Waals surface area contributed by atoms with Gasteiger partial charge in [-0.2, -0.15) is 0 Å². The van der Waals surface area contributed by atoms with Crippen LogP contribution >= 0.6 is 0 Å². The minimum Gasteiger partial charge on any atom is -0.444 e. The fraction of sp³-hybridized carbons (Fsp3) is 0.846. The molecule has 0 aliphatic heterocycles. The van der Waals surface area contributed by atoms with Crippen molar-refractivity contribution in [3.8, 4) is 0 Å². The summed E-state index contributed by atoms with van der Waals surface area (Å²) in [6.07, 6.45) is 4.92. The van der Waals surface area contributed by atoms with Gasteiger partial charge < -0.3 is 15.8 Å². The van der Waals surface area contributed by atoms with Crippen molar-refractivity contribution in [2.45, 2.75) is 64.5 Å². The number of ether oxygens (including phenoxy) is 1. The first-order valence-corrected chi connectivity index (χ1v) is 6.77. The third-order valence-electron chi connectivity index (χ3n) is 3.32. The average molecular weight is 256 g/mol. The molecule has 2 atom stereocenters. The van der Waals surface area contributed by atoms with E-state index >= 15 is 0 Å². The lowest BCUT2D eigenvalue weighted by atomic mass is 9.93. The molecule has 5 heteroatoms. The number of hydrogen-bond acceptors (Lipinski definition) is 3. The topological polar surface area (TPSA) is 81.4 Å². The van der Waals surface area contributed by atoms with Crippen LogP contribution in [0.4, 0.5) is 4.79 Å². The summed E-state index contributed by atoms with van der Waals surface area (Å²) < 4.78 is 5.14. The molecule has 5 nitrogen and oxygen atoms in total. The van der Waals surface area contributed by atoms with Crippen molar-refractivity contribution in [2.24, 2.45) is 11.7 Å². The van der Waals surface area contributed by atoms with Gasteiger partial charge in [0.15, 0.2) is 0 Å². The van der Waals surface area contributed by atoms with Crippen LogP contribution < -0.4 is 11.1 Å². The molecule has 0 heterocycles. The minimum absolute atomic E-state index is 0.00126. The molecule has 104 valence electrons. The SMILES string of the molecule is CC(C)C(=O)NC1CCCCCCC1OC(N)=O. The Labute approximate surface area is 108 Å². The van der Waals surface area contributed by atoms with Crippen molar-refractivity contribution in [3.63, 3.8) is 0 Å². The smallest absolute Gasteiger partial charge is 0.404 e. The van der Waals surface area contributed by atoms with Gasteiger partial charge in [-0.1, -0.05) is 33.1 Å². The van der Waals surface area contributed by atoms with Crippen LogP contribution in [0.1, 0.15) is 52.4 Å². The summed E-state index contributed by atoms with van der Waals surface area (Å²) in [5.41, 5.74) is 5.09. The van der Waals surface area contributed by atoms with Crippen molar-refractivity contribution in [3.05, 3.63) is 0 Å². The van der Waals surface area contributed by atoms with Gasteiger partial charge >= 0.3 is 6.09 Å². The van der Waals surface area contributed by atoms with Crippen LogP contribution in [0, 0.1) is 5.92 Å². The maximum absolute atomic E-state index is 11.8. The highest BCUT2D eigenvalue weighted by atomic mass is 16.6. The van der Waals surface area contributed by atoms with Gasteiger partial charge in [0.25, 0.3) is 0 Å². The lowest BCUT2D eigenvalue weighted by molar-refractivity contribution is -0.125. The fourth-order valence-corrected chi connectivity index (χ4v) is 2.26. The highest BCUT2D eigenvalue weighted by molar-refractivity contribution is 5.78. The Balaban J connectivity index is 2.64.